The van der Waals surface area contributed by atoms with Crippen LogP contribution in [-0.4, -0.2) is 37.1 Å². The molecule has 22 heavy (non-hydrogen) atoms. The Bertz CT molecular complexity index is 700. The van der Waals surface area contributed by atoms with Gasteiger partial charge in [-0.05, 0) is 41.3 Å². The number of ether oxygens (including phenoxy) is 1. The standard InChI is InChI=1S/C19H21NO2/c1-3-14-5-4-6-15-13-16(7-8-18(14)15)19(21)20-11-9-17(22-2)10-12-20/h3-8,13,17H,1,9-12H2,2H3. The first kappa shape index (κ1) is 14.8. The molecule has 0 N–H and O–H groups in total. The Hall–Kier alpha value is -2.13. The van der Waals surface area contributed by atoms with E-state index in [4.69, 9.17) is 4.74 Å². The van der Waals surface area contributed by atoms with Gasteiger partial charge in [-0.15, -0.1) is 0 Å². The number of carbonyl (C=O) groups is 1. The van der Waals surface area contributed by atoms with Gasteiger partial charge in [0.2, 0.25) is 0 Å². The van der Waals surface area contributed by atoms with Crippen molar-refractivity contribution in [2.24, 2.45) is 0 Å². The second-order valence-corrected chi connectivity index (χ2v) is 5.71. The molecule has 1 heterocycles. The van der Waals surface area contributed by atoms with Crippen molar-refractivity contribution >= 4 is 22.8 Å². The van der Waals surface area contributed by atoms with Crippen molar-refractivity contribution in [3.05, 3.63) is 54.1 Å². The second-order valence-electron chi connectivity index (χ2n) is 5.71. The molecule has 0 aromatic heterocycles. The number of benzene rings is 2. The van der Waals surface area contributed by atoms with E-state index in [0.29, 0.717) is 0 Å². The summed E-state index contributed by atoms with van der Waals surface area (Å²) in [7, 11) is 1.74. The van der Waals surface area contributed by atoms with Crippen molar-refractivity contribution in [2.75, 3.05) is 20.2 Å². The van der Waals surface area contributed by atoms with E-state index in [9.17, 15) is 4.79 Å². The normalized spacial score (nSPS) is 16.0. The lowest BCUT2D eigenvalue weighted by Crippen LogP contribution is -2.40. The number of likely N-dealkylation sites (tertiary alicyclic amines) is 1. The van der Waals surface area contributed by atoms with E-state index in [1.807, 2.05) is 47.4 Å². The second kappa shape index (κ2) is 6.32. The first-order valence-electron chi connectivity index (χ1n) is 7.70. The summed E-state index contributed by atoms with van der Waals surface area (Å²) in [6, 6.07) is 12.0. The number of hydrogen-bond donors (Lipinski definition) is 0. The van der Waals surface area contributed by atoms with Gasteiger partial charge in [-0.1, -0.05) is 36.9 Å². The third-order valence-electron chi connectivity index (χ3n) is 4.44. The molecular weight excluding hydrogens is 274 g/mol. The van der Waals surface area contributed by atoms with Crippen LogP contribution in [-0.2, 0) is 4.74 Å². The monoisotopic (exact) mass is 295 g/mol. The molecule has 0 bridgehead atoms. The van der Waals surface area contributed by atoms with E-state index in [1.54, 1.807) is 7.11 Å². The molecule has 0 unspecified atom stereocenters. The zero-order valence-corrected chi connectivity index (χ0v) is 12.9. The Morgan fingerprint density at radius 2 is 2.05 bits per heavy atom. The minimum Gasteiger partial charge on any atom is -0.381 e. The van der Waals surface area contributed by atoms with Crippen molar-refractivity contribution in [2.45, 2.75) is 18.9 Å². The Morgan fingerprint density at radius 3 is 2.73 bits per heavy atom. The topological polar surface area (TPSA) is 29.5 Å². The number of amides is 1. The smallest absolute Gasteiger partial charge is 0.253 e. The van der Waals surface area contributed by atoms with Gasteiger partial charge in [0.15, 0.2) is 0 Å². The molecule has 0 spiro atoms. The SMILES string of the molecule is C=Cc1cccc2cc(C(=O)N3CCC(OC)CC3)ccc12. The number of carbonyl (C=O) groups excluding carboxylic acids is 1. The van der Waals surface area contributed by atoms with Crippen LogP contribution in [0.2, 0.25) is 0 Å². The zero-order valence-electron chi connectivity index (χ0n) is 12.9. The molecular formula is C19H21NO2. The van der Waals surface area contributed by atoms with Gasteiger partial charge >= 0.3 is 0 Å². The third kappa shape index (κ3) is 2.77. The highest BCUT2D eigenvalue weighted by atomic mass is 16.5. The zero-order chi connectivity index (χ0) is 15.5. The average molecular weight is 295 g/mol. The maximum absolute atomic E-state index is 12.7. The fourth-order valence-electron chi connectivity index (χ4n) is 3.10. The Balaban J connectivity index is 1.84. The van der Waals surface area contributed by atoms with E-state index in [0.717, 1.165) is 47.8 Å². The molecule has 3 nitrogen and oxygen atoms in total. The van der Waals surface area contributed by atoms with Crippen LogP contribution >= 0.6 is 0 Å². The lowest BCUT2D eigenvalue weighted by molar-refractivity contribution is 0.0351. The number of rotatable bonds is 3. The summed E-state index contributed by atoms with van der Waals surface area (Å²) < 4.78 is 5.36. The molecule has 3 heteroatoms. The number of methoxy groups -OCH3 is 1. The largest absolute Gasteiger partial charge is 0.381 e. The van der Waals surface area contributed by atoms with Crippen LogP contribution in [0.4, 0.5) is 0 Å². The van der Waals surface area contributed by atoms with Crippen LogP contribution < -0.4 is 0 Å². The molecule has 1 amide bonds. The van der Waals surface area contributed by atoms with Crippen LogP contribution in [0.25, 0.3) is 16.8 Å². The molecule has 114 valence electrons. The van der Waals surface area contributed by atoms with Crippen molar-refractivity contribution in [1.82, 2.24) is 4.90 Å². The summed E-state index contributed by atoms with van der Waals surface area (Å²) in [4.78, 5) is 14.6. The first-order valence-corrected chi connectivity index (χ1v) is 7.70. The fraction of sp³-hybridized carbons (Fsp3) is 0.316. The summed E-state index contributed by atoms with van der Waals surface area (Å²) >= 11 is 0. The summed E-state index contributed by atoms with van der Waals surface area (Å²) in [5, 5.41) is 2.21. The van der Waals surface area contributed by atoms with E-state index in [1.165, 1.54) is 0 Å². The first-order chi connectivity index (χ1) is 10.7. The predicted octanol–water partition coefficient (Wildman–Crippen LogP) is 3.73. The summed E-state index contributed by atoms with van der Waals surface area (Å²) in [6.45, 7) is 5.37. The summed E-state index contributed by atoms with van der Waals surface area (Å²) in [6.07, 6.45) is 3.96. The molecule has 0 atom stereocenters. The highest BCUT2D eigenvalue weighted by molar-refractivity contribution is 6.00. The number of piperidine rings is 1. The molecule has 0 aliphatic carbocycles. The van der Waals surface area contributed by atoms with Crippen LogP contribution in [0.5, 0.6) is 0 Å². The van der Waals surface area contributed by atoms with Crippen molar-refractivity contribution in [3.8, 4) is 0 Å². The molecule has 1 aliphatic rings. The van der Waals surface area contributed by atoms with E-state index >= 15 is 0 Å². The molecule has 2 aromatic carbocycles. The lowest BCUT2D eigenvalue weighted by Gasteiger charge is -2.31. The third-order valence-corrected chi connectivity index (χ3v) is 4.44. The predicted molar refractivity (Wildman–Crippen MR) is 90.0 cm³/mol. The fourth-order valence-corrected chi connectivity index (χ4v) is 3.10. The van der Waals surface area contributed by atoms with Crippen molar-refractivity contribution in [3.63, 3.8) is 0 Å². The average Bonchev–Trinajstić information content (AvgIpc) is 2.60. The molecule has 0 radical (unpaired) electrons. The van der Waals surface area contributed by atoms with E-state index in [-0.39, 0.29) is 12.0 Å². The number of nitrogens with zero attached hydrogens (tertiary/aromatic N) is 1. The summed E-state index contributed by atoms with van der Waals surface area (Å²) in [5.74, 6) is 0.112. The lowest BCUT2D eigenvalue weighted by atomic mass is 10.0. The molecule has 1 saturated heterocycles. The van der Waals surface area contributed by atoms with E-state index < -0.39 is 0 Å². The Kier molecular flexibility index (Phi) is 4.25. The van der Waals surface area contributed by atoms with Crippen molar-refractivity contribution in [1.29, 1.82) is 0 Å². The van der Waals surface area contributed by atoms with Crippen LogP contribution in [0.15, 0.2) is 43.0 Å². The maximum atomic E-state index is 12.7. The molecule has 1 fully saturated rings. The molecule has 0 saturated carbocycles. The molecule has 1 aliphatic heterocycles. The van der Waals surface area contributed by atoms with Gasteiger partial charge in [-0.2, -0.15) is 0 Å². The number of fused-ring (bicyclic) bond motifs is 1. The van der Waals surface area contributed by atoms with Gasteiger partial charge in [0, 0.05) is 25.8 Å². The molecule has 2 aromatic rings. The van der Waals surface area contributed by atoms with Crippen molar-refractivity contribution < 1.29 is 9.53 Å². The highest BCUT2D eigenvalue weighted by Gasteiger charge is 2.23. The Labute approximate surface area is 131 Å². The van der Waals surface area contributed by atoms with Gasteiger partial charge in [-0.25, -0.2) is 0 Å². The van der Waals surface area contributed by atoms with Crippen LogP contribution in [0, 0.1) is 0 Å². The Morgan fingerprint density at radius 1 is 1.27 bits per heavy atom. The van der Waals surface area contributed by atoms with Crippen LogP contribution in [0.1, 0.15) is 28.8 Å². The van der Waals surface area contributed by atoms with Gasteiger partial charge in [0.1, 0.15) is 0 Å². The minimum atomic E-state index is 0.112. The number of hydrogen-bond acceptors (Lipinski definition) is 2. The quantitative estimate of drug-likeness (QED) is 0.863. The van der Waals surface area contributed by atoms with Crippen LogP contribution in [0.3, 0.4) is 0 Å². The highest BCUT2D eigenvalue weighted by Crippen LogP contribution is 2.23. The van der Waals surface area contributed by atoms with Gasteiger partial charge in [0.25, 0.3) is 5.91 Å². The minimum absolute atomic E-state index is 0.112. The summed E-state index contributed by atoms with van der Waals surface area (Å²) in [5.41, 5.74) is 1.85. The maximum Gasteiger partial charge on any atom is 0.253 e. The van der Waals surface area contributed by atoms with Gasteiger partial charge in [0.05, 0.1) is 6.10 Å². The van der Waals surface area contributed by atoms with Gasteiger partial charge < -0.3 is 9.64 Å². The van der Waals surface area contributed by atoms with Gasteiger partial charge in [-0.3, -0.25) is 4.79 Å². The van der Waals surface area contributed by atoms with E-state index in [2.05, 4.69) is 6.58 Å². The molecule has 3 rings (SSSR count).